The van der Waals surface area contributed by atoms with E-state index in [0.717, 1.165) is 5.56 Å². The van der Waals surface area contributed by atoms with E-state index in [-0.39, 0.29) is 6.61 Å². The number of nitriles is 1. The number of esters is 1. The van der Waals surface area contributed by atoms with Gasteiger partial charge in [-0.15, -0.1) is 0 Å². The van der Waals surface area contributed by atoms with Crippen molar-refractivity contribution in [1.29, 1.82) is 5.26 Å². The molecule has 140 valence electrons. The highest BCUT2D eigenvalue weighted by molar-refractivity contribution is 8.17. The molecule has 3 rings (SSSR count). The Kier molecular flexibility index (Phi) is 5.29. The van der Waals surface area contributed by atoms with Crippen LogP contribution in [-0.2, 0) is 9.53 Å². The number of ether oxygens (including phenoxy) is 1. The van der Waals surface area contributed by atoms with E-state index in [4.69, 9.17) is 10.5 Å². The number of allylic oxidation sites excluding steroid dienone is 2. The molecule has 0 saturated carbocycles. The first-order valence-corrected chi connectivity index (χ1v) is 9.64. The summed E-state index contributed by atoms with van der Waals surface area (Å²) in [6.07, 6.45) is 0. The lowest BCUT2D eigenvalue weighted by atomic mass is 9.92. The van der Waals surface area contributed by atoms with Crippen LogP contribution < -0.4 is 5.73 Å². The number of thioether (sulfide) groups is 1. The molecule has 7 heteroatoms. The summed E-state index contributed by atoms with van der Waals surface area (Å²) < 4.78 is 5.28. The molecule has 2 aliphatic heterocycles. The Bertz CT molecular complexity index is 907. The molecule has 0 aliphatic carbocycles. The largest absolute Gasteiger partial charge is 0.463 e. The van der Waals surface area contributed by atoms with E-state index in [2.05, 4.69) is 37.0 Å². The van der Waals surface area contributed by atoms with Crippen molar-refractivity contribution < 1.29 is 9.53 Å². The Hall–Kier alpha value is -2.72. The molecular weight excluding hydrogens is 360 g/mol. The quantitative estimate of drug-likeness (QED) is 0.797. The van der Waals surface area contributed by atoms with Gasteiger partial charge in [-0.3, -0.25) is 4.90 Å². The van der Waals surface area contributed by atoms with E-state index >= 15 is 0 Å². The Morgan fingerprint density at radius 1 is 1.41 bits per heavy atom. The summed E-state index contributed by atoms with van der Waals surface area (Å²) >= 11 is 1.22. The number of carbonyl (C=O) groups is 1. The summed E-state index contributed by atoms with van der Waals surface area (Å²) in [5.41, 5.74) is 9.37. The molecule has 2 N–H and O–H groups in total. The highest BCUT2D eigenvalue weighted by Gasteiger charge is 2.42. The van der Waals surface area contributed by atoms with E-state index in [1.807, 2.05) is 12.1 Å². The van der Waals surface area contributed by atoms with Crippen molar-refractivity contribution in [2.75, 3.05) is 6.61 Å². The highest BCUT2D eigenvalue weighted by Crippen LogP contribution is 2.45. The molecule has 0 spiro atoms. The zero-order valence-corrected chi connectivity index (χ0v) is 16.6. The van der Waals surface area contributed by atoms with Crippen molar-refractivity contribution in [2.45, 2.75) is 39.7 Å². The molecule has 0 amide bonds. The van der Waals surface area contributed by atoms with Gasteiger partial charge in [0.05, 0.1) is 23.9 Å². The number of aliphatic imine (C=N–C) groups is 1. The smallest absolute Gasteiger partial charge is 0.338 e. The average molecular weight is 382 g/mol. The van der Waals surface area contributed by atoms with Crippen LogP contribution in [0, 0.1) is 11.3 Å². The fourth-order valence-electron chi connectivity index (χ4n) is 3.19. The maximum atomic E-state index is 12.7. The lowest BCUT2D eigenvalue weighted by Crippen LogP contribution is -2.38. The number of amidine groups is 1. The van der Waals surface area contributed by atoms with Crippen LogP contribution in [0.15, 0.2) is 51.3 Å². The first-order chi connectivity index (χ1) is 12.9. The molecule has 6 nitrogen and oxygen atoms in total. The van der Waals surface area contributed by atoms with Gasteiger partial charge < -0.3 is 10.5 Å². The second kappa shape index (κ2) is 7.49. The standard InChI is InChI=1S/C20H22N4O2S/c1-5-26-19(25)16-12(4)23-20-24(18(22)15(10-21)27-20)17(16)14-8-6-13(7-9-14)11(2)3/h6-9,11,17H,5,22H2,1-4H3/t17-/m1/s1. The molecule has 0 saturated heterocycles. The van der Waals surface area contributed by atoms with E-state index in [9.17, 15) is 10.1 Å². The van der Waals surface area contributed by atoms with Gasteiger partial charge in [0.15, 0.2) is 5.17 Å². The lowest BCUT2D eigenvalue weighted by Gasteiger charge is -2.35. The first kappa shape index (κ1) is 19.1. The molecular formula is C20H22N4O2S. The molecule has 0 bridgehead atoms. The molecule has 1 aromatic rings. The molecule has 27 heavy (non-hydrogen) atoms. The van der Waals surface area contributed by atoms with Crippen LogP contribution in [0.5, 0.6) is 0 Å². The Labute approximate surface area is 163 Å². The van der Waals surface area contributed by atoms with Crippen LogP contribution in [0.4, 0.5) is 0 Å². The maximum absolute atomic E-state index is 12.7. The van der Waals surface area contributed by atoms with E-state index in [0.29, 0.717) is 33.1 Å². The van der Waals surface area contributed by atoms with Crippen molar-refractivity contribution in [2.24, 2.45) is 10.7 Å². The molecule has 2 heterocycles. The third kappa shape index (κ3) is 3.33. The van der Waals surface area contributed by atoms with Gasteiger partial charge in [0.1, 0.15) is 16.8 Å². The minimum Gasteiger partial charge on any atom is -0.463 e. The van der Waals surface area contributed by atoms with E-state index in [1.54, 1.807) is 18.7 Å². The third-order valence-electron chi connectivity index (χ3n) is 4.59. The predicted octanol–water partition coefficient (Wildman–Crippen LogP) is 3.76. The fraction of sp³-hybridized carbons (Fsp3) is 0.350. The second-order valence-corrected chi connectivity index (χ2v) is 7.61. The van der Waals surface area contributed by atoms with Crippen LogP contribution in [0.1, 0.15) is 50.8 Å². The number of fused-ring (bicyclic) bond motifs is 1. The molecule has 1 atom stereocenters. The minimum absolute atomic E-state index is 0.273. The first-order valence-electron chi connectivity index (χ1n) is 8.82. The number of rotatable bonds is 4. The van der Waals surface area contributed by atoms with Gasteiger partial charge in [-0.1, -0.05) is 38.1 Å². The van der Waals surface area contributed by atoms with E-state index < -0.39 is 12.0 Å². The fourth-order valence-corrected chi connectivity index (χ4v) is 4.11. The van der Waals surface area contributed by atoms with Crippen LogP contribution in [-0.4, -0.2) is 22.6 Å². The topological polar surface area (TPSA) is 91.7 Å². The molecule has 1 aromatic carbocycles. The average Bonchev–Trinajstić information content (AvgIpc) is 2.96. The summed E-state index contributed by atoms with van der Waals surface area (Å²) in [7, 11) is 0. The number of hydrogen-bond donors (Lipinski definition) is 1. The third-order valence-corrected chi connectivity index (χ3v) is 5.57. The van der Waals surface area contributed by atoms with Crippen LogP contribution in [0.3, 0.4) is 0 Å². The highest BCUT2D eigenvalue weighted by atomic mass is 32.2. The van der Waals surface area contributed by atoms with Crippen LogP contribution in [0.2, 0.25) is 0 Å². The summed E-state index contributed by atoms with van der Waals surface area (Å²) in [5, 5.41) is 9.97. The molecule has 2 aliphatic rings. The molecule has 0 radical (unpaired) electrons. The number of carbonyl (C=O) groups excluding carboxylic acids is 1. The summed E-state index contributed by atoms with van der Waals surface area (Å²) in [6, 6.07) is 9.74. The normalized spacial score (nSPS) is 19.2. The summed E-state index contributed by atoms with van der Waals surface area (Å²) in [6.45, 7) is 8.09. The summed E-state index contributed by atoms with van der Waals surface area (Å²) in [4.78, 5) is 19.4. The van der Waals surface area contributed by atoms with Gasteiger partial charge in [0.2, 0.25) is 0 Å². The van der Waals surface area contributed by atoms with Gasteiger partial charge in [-0.2, -0.15) is 5.26 Å². The van der Waals surface area contributed by atoms with Crippen molar-refractivity contribution in [3.8, 4) is 6.07 Å². The van der Waals surface area contributed by atoms with Crippen LogP contribution >= 0.6 is 11.8 Å². The zero-order valence-electron chi connectivity index (χ0n) is 15.8. The second-order valence-electron chi connectivity index (χ2n) is 6.64. The zero-order chi connectivity index (χ0) is 19.7. The molecule has 0 unspecified atom stereocenters. The van der Waals surface area contributed by atoms with Crippen molar-refractivity contribution in [3.05, 3.63) is 57.4 Å². The van der Waals surface area contributed by atoms with Crippen molar-refractivity contribution in [3.63, 3.8) is 0 Å². The van der Waals surface area contributed by atoms with Gasteiger partial charge in [0.25, 0.3) is 0 Å². The Morgan fingerprint density at radius 3 is 2.63 bits per heavy atom. The van der Waals surface area contributed by atoms with E-state index in [1.165, 1.54) is 17.3 Å². The van der Waals surface area contributed by atoms with Crippen molar-refractivity contribution in [1.82, 2.24) is 4.90 Å². The van der Waals surface area contributed by atoms with Gasteiger partial charge in [-0.05, 0) is 42.7 Å². The monoisotopic (exact) mass is 382 g/mol. The van der Waals surface area contributed by atoms with Gasteiger partial charge in [0, 0.05) is 0 Å². The summed E-state index contributed by atoms with van der Waals surface area (Å²) in [5.74, 6) is 0.300. The van der Waals surface area contributed by atoms with Crippen LogP contribution in [0.25, 0.3) is 0 Å². The lowest BCUT2D eigenvalue weighted by molar-refractivity contribution is -0.139. The Morgan fingerprint density at radius 2 is 2.07 bits per heavy atom. The number of nitrogens with two attached hydrogens (primary N) is 1. The van der Waals surface area contributed by atoms with Gasteiger partial charge in [-0.25, -0.2) is 9.79 Å². The van der Waals surface area contributed by atoms with Gasteiger partial charge >= 0.3 is 5.97 Å². The SMILES string of the molecule is CCOC(=O)C1=C(C)N=C2SC(C#N)=C(N)N2[C@@H]1c1ccc(C(C)C)cc1. The number of nitrogens with zero attached hydrogens (tertiary/aromatic N) is 3. The minimum atomic E-state index is -0.476. The molecule has 0 aromatic heterocycles. The number of hydrogen-bond acceptors (Lipinski definition) is 7. The maximum Gasteiger partial charge on any atom is 0.338 e. The van der Waals surface area contributed by atoms with Crippen molar-refractivity contribution >= 4 is 22.9 Å². The number of benzene rings is 1. The predicted molar refractivity (Wildman–Crippen MR) is 106 cm³/mol. The molecule has 0 fully saturated rings. The Balaban J connectivity index is 2.14.